The van der Waals surface area contributed by atoms with Crippen molar-refractivity contribution in [1.82, 2.24) is 14.4 Å². The molecule has 3 aromatic rings. The van der Waals surface area contributed by atoms with Crippen LogP contribution in [0.1, 0.15) is 35.7 Å². The number of likely N-dealkylation sites (N-methyl/N-ethyl adjacent to an activating group) is 1. The van der Waals surface area contributed by atoms with Gasteiger partial charge in [0.05, 0.1) is 24.6 Å². The second-order valence-electron chi connectivity index (χ2n) is 8.74. The van der Waals surface area contributed by atoms with E-state index in [9.17, 15) is 14.4 Å². The van der Waals surface area contributed by atoms with E-state index in [-0.39, 0.29) is 30.2 Å². The third-order valence-corrected chi connectivity index (χ3v) is 6.40. The van der Waals surface area contributed by atoms with E-state index in [0.717, 1.165) is 16.5 Å². The van der Waals surface area contributed by atoms with Crippen LogP contribution in [-0.4, -0.2) is 65.4 Å². The lowest BCUT2D eigenvalue weighted by Crippen LogP contribution is -2.45. The van der Waals surface area contributed by atoms with Crippen molar-refractivity contribution in [3.8, 4) is 0 Å². The molecule has 1 aliphatic heterocycles. The highest BCUT2D eigenvalue weighted by molar-refractivity contribution is 6.07. The molecule has 0 saturated carbocycles. The molecule has 2 aromatic carbocycles. The summed E-state index contributed by atoms with van der Waals surface area (Å²) in [6.07, 6.45) is 3.07. The maximum absolute atomic E-state index is 13.3. The number of carbonyl (C=O) groups is 3. The fourth-order valence-corrected chi connectivity index (χ4v) is 4.53. The Kier molecular flexibility index (Phi) is 7.30. The second kappa shape index (κ2) is 10.5. The summed E-state index contributed by atoms with van der Waals surface area (Å²) in [5.41, 5.74) is 2.72. The lowest BCUT2D eigenvalue weighted by molar-refractivity contribution is -0.151. The van der Waals surface area contributed by atoms with Gasteiger partial charge >= 0.3 is 5.97 Å². The Labute approximate surface area is 199 Å². The largest absolute Gasteiger partial charge is 0.466 e. The molecule has 7 heteroatoms. The quantitative estimate of drug-likeness (QED) is 0.505. The number of benzene rings is 2. The average Bonchev–Trinajstić information content (AvgIpc) is 3.22. The predicted octanol–water partition coefficient (Wildman–Crippen LogP) is 3.56. The molecule has 0 aliphatic carbocycles. The minimum Gasteiger partial charge on any atom is -0.466 e. The standard InChI is InChI=1S/C27H31N3O4/c1-3-34-27(33)21-13-15-29(16-14-21)25(31)19-28(2)26(32)23-18-30(17-20-9-5-4-6-10-20)24-12-8-7-11-22(23)24/h4-12,18,21H,3,13-17,19H2,1-2H3. The van der Waals surface area contributed by atoms with Crippen molar-refractivity contribution >= 4 is 28.7 Å². The summed E-state index contributed by atoms with van der Waals surface area (Å²) in [7, 11) is 1.66. The second-order valence-corrected chi connectivity index (χ2v) is 8.74. The molecule has 0 spiro atoms. The van der Waals surface area contributed by atoms with Gasteiger partial charge in [-0.05, 0) is 31.4 Å². The summed E-state index contributed by atoms with van der Waals surface area (Å²) in [5, 5.41) is 0.873. The minimum absolute atomic E-state index is 0.00109. The van der Waals surface area contributed by atoms with Crippen molar-refractivity contribution in [3.05, 3.63) is 71.9 Å². The average molecular weight is 462 g/mol. The number of carbonyl (C=O) groups excluding carboxylic acids is 3. The van der Waals surface area contributed by atoms with Crippen LogP contribution in [0.15, 0.2) is 60.8 Å². The van der Waals surface area contributed by atoms with E-state index in [1.807, 2.05) is 48.7 Å². The highest BCUT2D eigenvalue weighted by atomic mass is 16.5. The molecule has 178 valence electrons. The van der Waals surface area contributed by atoms with Gasteiger partial charge in [0.2, 0.25) is 5.91 Å². The minimum atomic E-state index is -0.186. The SMILES string of the molecule is CCOC(=O)C1CCN(C(=O)CN(C)C(=O)c2cn(Cc3ccccc3)c3ccccc23)CC1. The topological polar surface area (TPSA) is 71.8 Å². The van der Waals surface area contributed by atoms with Crippen molar-refractivity contribution in [1.29, 1.82) is 0 Å². The van der Waals surface area contributed by atoms with Gasteiger partial charge in [0.1, 0.15) is 0 Å². The first kappa shape index (κ1) is 23.5. The van der Waals surface area contributed by atoms with E-state index in [2.05, 4.69) is 16.7 Å². The Bertz CT molecular complexity index is 1160. The van der Waals surface area contributed by atoms with E-state index < -0.39 is 0 Å². The summed E-state index contributed by atoms with van der Waals surface area (Å²) in [6.45, 7) is 3.82. The van der Waals surface area contributed by atoms with Crippen LogP contribution in [0.25, 0.3) is 10.9 Å². The first-order valence-electron chi connectivity index (χ1n) is 11.8. The predicted molar refractivity (Wildman–Crippen MR) is 130 cm³/mol. The number of ether oxygens (including phenoxy) is 1. The number of piperidine rings is 1. The third-order valence-electron chi connectivity index (χ3n) is 6.40. The Hall–Kier alpha value is -3.61. The molecule has 0 bridgehead atoms. The van der Waals surface area contributed by atoms with Crippen LogP contribution in [0.2, 0.25) is 0 Å². The molecule has 1 saturated heterocycles. The van der Waals surface area contributed by atoms with Crippen molar-refractivity contribution in [2.75, 3.05) is 33.3 Å². The van der Waals surface area contributed by atoms with E-state index in [1.54, 1.807) is 18.9 Å². The molecule has 1 aromatic heterocycles. The maximum Gasteiger partial charge on any atom is 0.309 e. The smallest absolute Gasteiger partial charge is 0.309 e. The molecule has 7 nitrogen and oxygen atoms in total. The summed E-state index contributed by atoms with van der Waals surface area (Å²) < 4.78 is 7.18. The van der Waals surface area contributed by atoms with Crippen molar-refractivity contribution in [2.24, 2.45) is 5.92 Å². The summed E-state index contributed by atoms with van der Waals surface area (Å²) in [5.74, 6) is -0.628. The lowest BCUT2D eigenvalue weighted by Gasteiger charge is -2.32. The Morgan fingerprint density at radius 1 is 1.00 bits per heavy atom. The molecule has 0 atom stereocenters. The van der Waals surface area contributed by atoms with Crippen LogP contribution in [0.3, 0.4) is 0 Å². The van der Waals surface area contributed by atoms with Gasteiger partial charge in [-0.3, -0.25) is 14.4 Å². The van der Waals surface area contributed by atoms with Gasteiger partial charge in [0, 0.05) is 43.8 Å². The van der Waals surface area contributed by atoms with E-state index in [0.29, 0.717) is 44.6 Å². The van der Waals surface area contributed by atoms with Crippen molar-refractivity contribution < 1.29 is 19.1 Å². The number of hydrogen-bond acceptors (Lipinski definition) is 4. The fraction of sp³-hybridized carbons (Fsp3) is 0.370. The normalized spacial score (nSPS) is 14.2. The molecule has 4 rings (SSSR count). The number of rotatable bonds is 7. The summed E-state index contributed by atoms with van der Waals surface area (Å²) >= 11 is 0. The first-order chi connectivity index (χ1) is 16.5. The maximum atomic E-state index is 13.3. The summed E-state index contributed by atoms with van der Waals surface area (Å²) in [6, 6.07) is 17.9. The number of likely N-dealkylation sites (tertiary alicyclic amines) is 1. The summed E-state index contributed by atoms with van der Waals surface area (Å²) in [4.78, 5) is 41.4. The van der Waals surface area contributed by atoms with Crippen LogP contribution in [0.5, 0.6) is 0 Å². The highest BCUT2D eigenvalue weighted by Crippen LogP contribution is 2.24. The van der Waals surface area contributed by atoms with E-state index >= 15 is 0 Å². The number of amides is 2. The number of esters is 1. The number of hydrogen-bond donors (Lipinski definition) is 0. The van der Waals surface area contributed by atoms with Gasteiger partial charge in [-0.25, -0.2) is 0 Å². The molecule has 2 heterocycles. The molecular weight excluding hydrogens is 430 g/mol. The molecular formula is C27H31N3O4. The number of fused-ring (bicyclic) bond motifs is 1. The van der Waals surface area contributed by atoms with Crippen LogP contribution in [0.4, 0.5) is 0 Å². The molecule has 1 aliphatic rings. The monoisotopic (exact) mass is 461 g/mol. The van der Waals surface area contributed by atoms with Gasteiger partial charge in [-0.2, -0.15) is 0 Å². The Morgan fingerprint density at radius 2 is 1.68 bits per heavy atom. The van der Waals surface area contributed by atoms with E-state index in [1.165, 1.54) is 4.90 Å². The zero-order valence-electron chi connectivity index (χ0n) is 19.8. The number of para-hydroxylation sites is 1. The third kappa shape index (κ3) is 5.14. The number of nitrogens with zero attached hydrogens (tertiary/aromatic N) is 3. The van der Waals surface area contributed by atoms with E-state index in [4.69, 9.17) is 4.74 Å². The zero-order valence-corrected chi connectivity index (χ0v) is 19.8. The van der Waals surface area contributed by atoms with Crippen LogP contribution in [0, 0.1) is 5.92 Å². The van der Waals surface area contributed by atoms with Gasteiger partial charge in [-0.1, -0.05) is 48.5 Å². The Morgan fingerprint density at radius 3 is 2.38 bits per heavy atom. The molecule has 2 amide bonds. The van der Waals surface area contributed by atoms with Crippen LogP contribution >= 0.6 is 0 Å². The number of aromatic nitrogens is 1. The molecule has 34 heavy (non-hydrogen) atoms. The zero-order chi connectivity index (χ0) is 24.1. The van der Waals surface area contributed by atoms with Gasteiger partial charge in [0.15, 0.2) is 0 Å². The highest BCUT2D eigenvalue weighted by Gasteiger charge is 2.29. The van der Waals surface area contributed by atoms with Gasteiger partial charge in [0.25, 0.3) is 5.91 Å². The van der Waals surface area contributed by atoms with Gasteiger partial charge in [-0.15, -0.1) is 0 Å². The lowest BCUT2D eigenvalue weighted by atomic mass is 9.97. The van der Waals surface area contributed by atoms with Crippen molar-refractivity contribution in [2.45, 2.75) is 26.3 Å². The fourth-order valence-electron chi connectivity index (χ4n) is 4.53. The molecule has 0 N–H and O–H groups in total. The van der Waals surface area contributed by atoms with Crippen molar-refractivity contribution in [3.63, 3.8) is 0 Å². The molecule has 0 unspecified atom stereocenters. The molecule has 1 fully saturated rings. The first-order valence-corrected chi connectivity index (χ1v) is 11.8. The Balaban J connectivity index is 1.43. The molecule has 0 radical (unpaired) electrons. The van der Waals surface area contributed by atoms with Crippen LogP contribution < -0.4 is 0 Å². The van der Waals surface area contributed by atoms with Gasteiger partial charge < -0.3 is 19.1 Å². The van der Waals surface area contributed by atoms with Crippen LogP contribution in [-0.2, 0) is 20.9 Å².